The number of aromatic nitrogens is 2. The van der Waals surface area contributed by atoms with E-state index in [1.54, 1.807) is 7.11 Å². The van der Waals surface area contributed by atoms with E-state index in [4.69, 9.17) is 14.5 Å². The highest BCUT2D eigenvalue weighted by Crippen LogP contribution is 2.51. The van der Waals surface area contributed by atoms with E-state index in [1.807, 2.05) is 19.9 Å². The van der Waals surface area contributed by atoms with Gasteiger partial charge in [0.15, 0.2) is 0 Å². The minimum absolute atomic E-state index is 0.0690. The number of hydrogen-bond acceptors (Lipinski definition) is 5. The number of allylic oxidation sites excluding steroid dienone is 1. The van der Waals surface area contributed by atoms with Gasteiger partial charge in [-0.05, 0) is 74.9 Å². The van der Waals surface area contributed by atoms with Crippen molar-refractivity contribution in [1.29, 1.82) is 0 Å². The molecule has 1 N–H and O–H groups in total. The molecule has 6 rings (SSSR count). The molecule has 40 heavy (non-hydrogen) atoms. The fourth-order valence-electron chi connectivity index (χ4n) is 6.65. The first-order valence-corrected chi connectivity index (χ1v) is 15.0. The number of methoxy groups -OCH3 is 1. The molecule has 1 heterocycles. The minimum atomic E-state index is -0.429. The third kappa shape index (κ3) is 5.97. The number of nitrogens with one attached hydrogen (secondary N) is 1. The van der Waals surface area contributed by atoms with Crippen LogP contribution in [0, 0.1) is 24.7 Å². The van der Waals surface area contributed by atoms with Crippen LogP contribution in [0.5, 0.6) is 5.75 Å². The van der Waals surface area contributed by atoms with Crippen molar-refractivity contribution < 1.29 is 14.3 Å². The van der Waals surface area contributed by atoms with E-state index in [9.17, 15) is 4.79 Å². The third-order valence-corrected chi connectivity index (χ3v) is 8.99. The van der Waals surface area contributed by atoms with Crippen LogP contribution in [0.1, 0.15) is 69.3 Å². The number of aryl methyl sites for hydroxylation is 2. The van der Waals surface area contributed by atoms with Gasteiger partial charge in [0.25, 0.3) is 0 Å². The lowest BCUT2D eigenvalue weighted by Gasteiger charge is -2.44. The van der Waals surface area contributed by atoms with E-state index >= 15 is 0 Å². The first-order chi connectivity index (χ1) is 19.3. The number of nitrogens with zero attached hydrogens (tertiary/aromatic N) is 2. The van der Waals surface area contributed by atoms with Crippen LogP contribution in [0.15, 0.2) is 48.5 Å². The second kappa shape index (κ2) is 12.2. The number of fused-ring (bicyclic) bond motifs is 4. The summed E-state index contributed by atoms with van der Waals surface area (Å²) in [6.45, 7) is 7.83. The molecule has 0 unspecified atom stereocenters. The van der Waals surface area contributed by atoms with Crippen molar-refractivity contribution in [2.45, 2.75) is 71.3 Å². The molecule has 0 spiro atoms. The summed E-state index contributed by atoms with van der Waals surface area (Å²) in [5.41, 5.74) is 5.46. The molecule has 6 nitrogen and oxygen atoms in total. The van der Waals surface area contributed by atoms with Crippen LogP contribution in [0.2, 0.25) is 0 Å². The molecule has 1 fully saturated rings. The van der Waals surface area contributed by atoms with Gasteiger partial charge < -0.3 is 19.4 Å². The first-order valence-electron chi connectivity index (χ1n) is 15.0. The van der Waals surface area contributed by atoms with Crippen LogP contribution >= 0.6 is 0 Å². The molecule has 1 saturated carbocycles. The number of esters is 1. The van der Waals surface area contributed by atoms with E-state index in [0.717, 1.165) is 79.8 Å². The maximum atomic E-state index is 13.0. The number of benzene rings is 2. The Morgan fingerprint density at radius 3 is 2.70 bits per heavy atom. The topological polar surface area (TPSA) is 67.5 Å². The Morgan fingerprint density at radius 1 is 1.15 bits per heavy atom. The van der Waals surface area contributed by atoms with Gasteiger partial charge in [-0.3, -0.25) is 4.79 Å². The van der Waals surface area contributed by atoms with Crippen molar-refractivity contribution in [3.05, 3.63) is 65.5 Å². The van der Waals surface area contributed by atoms with Crippen molar-refractivity contribution >= 4 is 22.6 Å². The molecule has 0 radical (unpaired) electrons. The van der Waals surface area contributed by atoms with Crippen molar-refractivity contribution in [3.8, 4) is 5.75 Å². The number of hydrogen-bond donors (Lipinski definition) is 1. The summed E-state index contributed by atoms with van der Waals surface area (Å²) >= 11 is 0. The Kier molecular flexibility index (Phi) is 8.65. The van der Waals surface area contributed by atoms with Gasteiger partial charge in [-0.25, -0.2) is 4.98 Å². The SMILES string of the molecule is COc1ccc(C)c2nc(CCCN(C)CC[C@@]3(OC(=O)C(C)C)C[C@@H]4CCC[C@H]3C=C4c3ccccc3)[nH]c12. The fraction of sp³-hybridized carbons (Fsp3) is 0.529. The third-order valence-electron chi connectivity index (χ3n) is 8.99. The van der Waals surface area contributed by atoms with Crippen molar-refractivity contribution in [1.82, 2.24) is 14.9 Å². The van der Waals surface area contributed by atoms with Crippen molar-refractivity contribution in [3.63, 3.8) is 0 Å². The van der Waals surface area contributed by atoms with E-state index in [2.05, 4.69) is 66.3 Å². The Bertz CT molecular complexity index is 1350. The normalized spacial score (nSPS) is 22.5. The molecular weight excluding hydrogens is 498 g/mol. The predicted molar refractivity (Wildman–Crippen MR) is 161 cm³/mol. The van der Waals surface area contributed by atoms with Gasteiger partial charge in [-0.1, -0.05) is 62.7 Å². The number of imidazole rings is 1. The number of carbonyl (C=O) groups is 1. The standard InChI is InChI=1S/C34H45N3O3/c1-23(2)33(38)40-34(22-26-13-9-14-27(34)21-28(26)25-11-7-6-8-12-25)18-20-37(4)19-10-15-30-35-31-24(3)16-17-29(39-5)32(31)36-30/h6-8,11-12,16-17,21,23,26-27H,9-10,13-15,18-20,22H2,1-5H3,(H,35,36)/t26-,27-,34+/m0/s1. The Hall–Kier alpha value is -3.12. The second-order valence-corrected chi connectivity index (χ2v) is 12.2. The largest absolute Gasteiger partial charge is 0.494 e. The molecule has 3 atom stereocenters. The van der Waals surface area contributed by atoms with Crippen molar-refractivity contribution in [2.24, 2.45) is 17.8 Å². The van der Waals surface area contributed by atoms with E-state index in [1.165, 1.54) is 17.6 Å². The number of aromatic amines is 1. The molecule has 2 aromatic carbocycles. The zero-order chi connectivity index (χ0) is 28.3. The molecule has 3 aliphatic rings. The van der Waals surface area contributed by atoms with E-state index in [-0.39, 0.29) is 17.8 Å². The summed E-state index contributed by atoms with van der Waals surface area (Å²) in [6.07, 6.45) is 9.55. The zero-order valence-electron chi connectivity index (χ0n) is 24.8. The van der Waals surface area contributed by atoms with Crippen LogP contribution in [0.3, 0.4) is 0 Å². The molecule has 0 saturated heterocycles. The van der Waals surface area contributed by atoms with Crippen LogP contribution in [0.4, 0.5) is 0 Å². The zero-order valence-corrected chi connectivity index (χ0v) is 24.8. The van der Waals surface area contributed by atoms with Gasteiger partial charge >= 0.3 is 5.97 Å². The molecule has 3 aliphatic carbocycles. The summed E-state index contributed by atoms with van der Waals surface area (Å²) in [5, 5.41) is 0. The molecule has 3 aromatic rings. The second-order valence-electron chi connectivity index (χ2n) is 12.2. The van der Waals surface area contributed by atoms with Gasteiger partial charge in [0, 0.05) is 25.3 Å². The summed E-state index contributed by atoms with van der Waals surface area (Å²) in [4.78, 5) is 23.7. The van der Waals surface area contributed by atoms with E-state index < -0.39 is 5.60 Å². The summed E-state index contributed by atoms with van der Waals surface area (Å²) in [6, 6.07) is 14.8. The van der Waals surface area contributed by atoms with Crippen LogP contribution in [-0.4, -0.2) is 53.7 Å². The number of carbonyl (C=O) groups excluding carboxylic acids is 1. The van der Waals surface area contributed by atoms with Crippen molar-refractivity contribution in [2.75, 3.05) is 27.2 Å². The van der Waals surface area contributed by atoms with Gasteiger partial charge in [0.1, 0.15) is 22.7 Å². The number of H-pyrrole nitrogens is 1. The van der Waals surface area contributed by atoms with Crippen LogP contribution in [-0.2, 0) is 16.0 Å². The van der Waals surface area contributed by atoms with E-state index in [0.29, 0.717) is 5.92 Å². The Morgan fingerprint density at radius 2 is 1.95 bits per heavy atom. The minimum Gasteiger partial charge on any atom is -0.494 e. The summed E-state index contributed by atoms with van der Waals surface area (Å²) in [7, 11) is 3.88. The number of rotatable bonds is 11. The summed E-state index contributed by atoms with van der Waals surface area (Å²) < 4.78 is 12.0. The highest BCUT2D eigenvalue weighted by molar-refractivity contribution is 5.84. The highest BCUT2D eigenvalue weighted by atomic mass is 16.6. The highest BCUT2D eigenvalue weighted by Gasteiger charge is 2.48. The molecule has 0 amide bonds. The fourth-order valence-corrected chi connectivity index (χ4v) is 6.65. The molecule has 1 aromatic heterocycles. The maximum Gasteiger partial charge on any atom is 0.308 e. The van der Waals surface area contributed by atoms with Crippen LogP contribution < -0.4 is 4.74 Å². The lowest BCUT2D eigenvalue weighted by molar-refractivity contribution is -0.172. The lowest BCUT2D eigenvalue weighted by atomic mass is 9.69. The van der Waals surface area contributed by atoms with Gasteiger partial charge in [-0.2, -0.15) is 0 Å². The number of ether oxygens (including phenoxy) is 2. The Balaban J connectivity index is 1.26. The van der Waals surface area contributed by atoms with Gasteiger partial charge in [0.2, 0.25) is 0 Å². The predicted octanol–water partition coefficient (Wildman–Crippen LogP) is 6.98. The quantitative estimate of drug-likeness (QED) is 0.264. The average Bonchev–Trinajstić information content (AvgIpc) is 3.17. The molecule has 0 aliphatic heterocycles. The summed E-state index contributed by atoms with van der Waals surface area (Å²) in [5.74, 6) is 2.32. The van der Waals surface area contributed by atoms with Crippen LogP contribution in [0.25, 0.3) is 16.6 Å². The smallest absolute Gasteiger partial charge is 0.308 e. The Labute approximate surface area is 239 Å². The van der Waals surface area contributed by atoms with Gasteiger partial charge in [-0.15, -0.1) is 0 Å². The lowest BCUT2D eigenvalue weighted by Crippen LogP contribution is -2.47. The monoisotopic (exact) mass is 543 g/mol. The molecular formula is C34H45N3O3. The molecule has 214 valence electrons. The first kappa shape index (κ1) is 28.4. The maximum absolute atomic E-state index is 13.0. The average molecular weight is 544 g/mol. The van der Waals surface area contributed by atoms with Gasteiger partial charge in [0.05, 0.1) is 18.5 Å². The molecule has 6 heteroatoms. The molecule has 2 bridgehead atoms.